The number of fused-ring (bicyclic) bond motifs is 5. The molecule has 4 heteroatoms. The molecular formula is C41H25N3O. The molecule has 0 atom stereocenters. The molecule has 210 valence electrons. The highest BCUT2D eigenvalue weighted by Crippen LogP contribution is 2.34. The molecule has 0 aliphatic carbocycles. The molecule has 0 aliphatic heterocycles. The molecule has 0 N–H and O–H groups in total. The summed E-state index contributed by atoms with van der Waals surface area (Å²) in [5, 5.41) is 6.91. The summed E-state index contributed by atoms with van der Waals surface area (Å²) in [5.41, 5.74) is 6.67. The molecule has 0 saturated heterocycles. The van der Waals surface area contributed by atoms with Gasteiger partial charge in [0, 0.05) is 27.5 Å². The van der Waals surface area contributed by atoms with Crippen LogP contribution in [0.15, 0.2) is 156 Å². The van der Waals surface area contributed by atoms with E-state index in [0.29, 0.717) is 17.5 Å². The van der Waals surface area contributed by atoms with Crippen LogP contribution >= 0.6 is 0 Å². The van der Waals surface area contributed by atoms with E-state index < -0.39 is 0 Å². The predicted octanol–water partition coefficient (Wildman–Crippen LogP) is 10.7. The van der Waals surface area contributed by atoms with Crippen LogP contribution in [0.3, 0.4) is 0 Å². The van der Waals surface area contributed by atoms with Crippen molar-refractivity contribution in [3.05, 3.63) is 152 Å². The van der Waals surface area contributed by atoms with Crippen LogP contribution < -0.4 is 0 Å². The SMILES string of the molecule is c1cc(-c2ccc3ccccc3c2)cc(-c2nc(-c3ccc4ccccc4c3)nc(-c3ccc4c(c3)oc3ccccc34)n2)c1. The second kappa shape index (κ2) is 10.2. The molecule has 0 radical (unpaired) electrons. The minimum atomic E-state index is 0.599. The zero-order valence-electron chi connectivity index (χ0n) is 24.2. The Kier molecular flexibility index (Phi) is 5.78. The largest absolute Gasteiger partial charge is 0.456 e. The first kappa shape index (κ1) is 25.4. The van der Waals surface area contributed by atoms with Crippen LogP contribution in [0.25, 0.3) is 88.8 Å². The van der Waals surface area contributed by atoms with Crippen molar-refractivity contribution in [1.29, 1.82) is 0 Å². The summed E-state index contributed by atoms with van der Waals surface area (Å²) in [7, 11) is 0. The zero-order chi connectivity index (χ0) is 29.7. The Morgan fingerprint density at radius 2 is 0.800 bits per heavy atom. The fourth-order valence-electron chi connectivity index (χ4n) is 6.16. The normalized spacial score (nSPS) is 11.6. The van der Waals surface area contributed by atoms with Crippen LogP contribution in [-0.2, 0) is 0 Å². The molecule has 0 saturated carbocycles. The molecule has 0 amide bonds. The van der Waals surface area contributed by atoms with Crippen LogP contribution in [0, 0.1) is 0 Å². The number of hydrogen-bond donors (Lipinski definition) is 0. The first-order chi connectivity index (χ1) is 22.2. The van der Waals surface area contributed by atoms with Gasteiger partial charge in [-0.05, 0) is 69.1 Å². The summed E-state index contributed by atoms with van der Waals surface area (Å²) in [5.74, 6) is 1.85. The van der Waals surface area contributed by atoms with E-state index in [1.165, 1.54) is 16.2 Å². The molecule has 45 heavy (non-hydrogen) atoms. The van der Waals surface area contributed by atoms with Crippen molar-refractivity contribution in [3.8, 4) is 45.3 Å². The van der Waals surface area contributed by atoms with Crippen molar-refractivity contribution in [3.63, 3.8) is 0 Å². The lowest BCUT2D eigenvalue weighted by Crippen LogP contribution is -2.00. The molecule has 4 nitrogen and oxygen atoms in total. The molecule has 2 aromatic heterocycles. The Labute approximate surface area is 259 Å². The summed E-state index contributed by atoms with van der Waals surface area (Å²) in [6, 6.07) is 52.4. The van der Waals surface area contributed by atoms with Gasteiger partial charge >= 0.3 is 0 Å². The quantitative estimate of drug-likeness (QED) is 0.209. The number of aromatic nitrogens is 3. The Morgan fingerprint density at radius 3 is 1.53 bits per heavy atom. The highest BCUT2D eigenvalue weighted by Gasteiger charge is 2.15. The zero-order valence-corrected chi connectivity index (χ0v) is 24.2. The average Bonchev–Trinajstić information content (AvgIpc) is 3.49. The Morgan fingerprint density at radius 1 is 0.311 bits per heavy atom. The number of nitrogens with zero attached hydrogens (tertiary/aromatic N) is 3. The van der Waals surface area contributed by atoms with E-state index in [2.05, 4.69) is 127 Å². The van der Waals surface area contributed by atoms with Gasteiger partial charge in [0.25, 0.3) is 0 Å². The number of hydrogen-bond acceptors (Lipinski definition) is 4. The Hall–Kier alpha value is -6.13. The molecule has 0 bridgehead atoms. The first-order valence-corrected chi connectivity index (χ1v) is 15.0. The third-order valence-electron chi connectivity index (χ3n) is 8.48. The van der Waals surface area contributed by atoms with Crippen LogP contribution in [0.5, 0.6) is 0 Å². The van der Waals surface area contributed by atoms with Crippen molar-refractivity contribution < 1.29 is 4.42 Å². The maximum Gasteiger partial charge on any atom is 0.164 e. The highest BCUT2D eigenvalue weighted by molar-refractivity contribution is 6.05. The smallest absolute Gasteiger partial charge is 0.164 e. The maximum atomic E-state index is 6.22. The first-order valence-electron chi connectivity index (χ1n) is 15.0. The van der Waals surface area contributed by atoms with Gasteiger partial charge in [0.2, 0.25) is 0 Å². The molecule has 0 spiro atoms. The fraction of sp³-hybridized carbons (Fsp3) is 0. The van der Waals surface area contributed by atoms with Gasteiger partial charge in [0.1, 0.15) is 11.2 Å². The summed E-state index contributed by atoms with van der Waals surface area (Å²) >= 11 is 0. The fourth-order valence-corrected chi connectivity index (χ4v) is 6.16. The number of rotatable bonds is 4. The Balaban J connectivity index is 1.21. The molecule has 0 unspecified atom stereocenters. The monoisotopic (exact) mass is 575 g/mol. The van der Waals surface area contributed by atoms with Crippen molar-refractivity contribution in [2.75, 3.05) is 0 Å². The van der Waals surface area contributed by atoms with Crippen molar-refractivity contribution in [1.82, 2.24) is 15.0 Å². The van der Waals surface area contributed by atoms with Crippen LogP contribution in [-0.4, -0.2) is 15.0 Å². The topological polar surface area (TPSA) is 51.8 Å². The summed E-state index contributed by atoms with van der Waals surface area (Å²) in [6.07, 6.45) is 0. The lowest BCUT2D eigenvalue weighted by atomic mass is 9.99. The van der Waals surface area contributed by atoms with Crippen molar-refractivity contribution in [2.24, 2.45) is 0 Å². The van der Waals surface area contributed by atoms with E-state index in [1.807, 2.05) is 24.3 Å². The van der Waals surface area contributed by atoms with Gasteiger partial charge in [-0.25, -0.2) is 15.0 Å². The van der Waals surface area contributed by atoms with Crippen LogP contribution in [0.1, 0.15) is 0 Å². The van der Waals surface area contributed by atoms with Gasteiger partial charge in [-0.2, -0.15) is 0 Å². The van der Waals surface area contributed by atoms with Gasteiger partial charge in [0.05, 0.1) is 0 Å². The second-order valence-corrected chi connectivity index (χ2v) is 11.3. The molecule has 0 fully saturated rings. The molecule has 9 rings (SSSR count). The van der Waals surface area contributed by atoms with Gasteiger partial charge < -0.3 is 4.42 Å². The lowest BCUT2D eigenvalue weighted by Gasteiger charge is -2.10. The van der Waals surface area contributed by atoms with E-state index >= 15 is 0 Å². The molecule has 7 aromatic carbocycles. The van der Waals surface area contributed by atoms with Gasteiger partial charge in [-0.15, -0.1) is 0 Å². The minimum absolute atomic E-state index is 0.599. The summed E-state index contributed by atoms with van der Waals surface area (Å²) in [6.45, 7) is 0. The maximum absolute atomic E-state index is 6.22. The van der Waals surface area contributed by atoms with E-state index in [9.17, 15) is 0 Å². The van der Waals surface area contributed by atoms with Crippen LogP contribution in [0.2, 0.25) is 0 Å². The van der Waals surface area contributed by atoms with Crippen molar-refractivity contribution >= 4 is 43.5 Å². The Bertz CT molecular complexity index is 2560. The van der Waals surface area contributed by atoms with E-state index in [-0.39, 0.29) is 0 Å². The third kappa shape index (κ3) is 4.52. The van der Waals surface area contributed by atoms with Crippen molar-refractivity contribution in [2.45, 2.75) is 0 Å². The van der Waals surface area contributed by atoms with Gasteiger partial charge in [0.15, 0.2) is 17.5 Å². The second-order valence-electron chi connectivity index (χ2n) is 11.3. The third-order valence-corrected chi connectivity index (χ3v) is 8.48. The molecule has 9 aromatic rings. The van der Waals surface area contributed by atoms with E-state index in [4.69, 9.17) is 19.4 Å². The highest BCUT2D eigenvalue weighted by atomic mass is 16.3. The minimum Gasteiger partial charge on any atom is -0.456 e. The van der Waals surface area contributed by atoms with Gasteiger partial charge in [-0.3, -0.25) is 0 Å². The van der Waals surface area contributed by atoms with E-state index in [1.54, 1.807) is 0 Å². The lowest BCUT2D eigenvalue weighted by molar-refractivity contribution is 0.669. The molecule has 2 heterocycles. The van der Waals surface area contributed by atoms with E-state index in [0.717, 1.165) is 55.1 Å². The standard InChI is InChI=1S/C41H25N3O/c1-3-10-28-22-31(18-16-26(28)8-1)30-12-7-13-32(24-30)39-42-40(33-19-17-27-9-2-4-11-29(27)23-33)44-41(43-39)34-20-21-36-35-14-5-6-15-37(35)45-38(36)25-34/h1-25H. The molecule has 0 aliphatic rings. The van der Waals surface area contributed by atoms with Crippen LogP contribution in [0.4, 0.5) is 0 Å². The number of benzene rings is 7. The van der Waals surface area contributed by atoms with Gasteiger partial charge in [-0.1, -0.05) is 115 Å². The number of furan rings is 1. The number of para-hydroxylation sites is 1. The average molecular weight is 576 g/mol. The summed E-state index contributed by atoms with van der Waals surface area (Å²) < 4.78 is 6.22. The molecular weight excluding hydrogens is 550 g/mol. The summed E-state index contributed by atoms with van der Waals surface area (Å²) in [4.78, 5) is 15.1. The predicted molar refractivity (Wildman–Crippen MR) is 184 cm³/mol.